The van der Waals surface area contributed by atoms with E-state index >= 15 is 0 Å². The van der Waals surface area contributed by atoms with Gasteiger partial charge in [-0.2, -0.15) is 5.10 Å². The second-order valence-electron chi connectivity index (χ2n) is 5.11. The average molecular weight is 275 g/mol. The van der Waals surface area contributed by atoms with Crippen LogP contribution in [-0.4, -0.2) is 46.0 Å². The van der Waals surface area contributed by atoms with Gasteiger partial charge in [0.25, 0.3) is 5.91 Å². The normalized spacial score (nSPS) is 22.9. The topological polar surface area (TPSA) is 75.9 Å². The van der Waals surface area contributed by atoms with Crippen LogP contribution in [0.5, 0.6) is 0 Å². The van der Waals surface area contributed by atoms with Crippen LogP contribution < -0.4 is 5.32 Å². The number of nitrogens with one attached hydrogen (secondary N) is 1. The molecule has 0 saturated carbocycles. The van der Waals surface area contributed by atoms with Gasteiger partial charge in [0, 0.05) is 12.8 Å². The van der Waals surface area contributed by atoms with Gasteiger partial charge in [0.05, 0.1) is 36.0 Å². The maximum atomic E-state index is 12.3. The molecule has 6 nitrogen and oxygen atoms in total. The standard InChI is InChI=1S/C14H17N3O3/c1-9-2-3-12-10(6-15-17(12)7-9)14(19)16-11-8-20-5-4-13(11)18/h2-3,6-7,11,13,18H,4-5,8H2,1H3,(H,16,19)/t11-,13+/m1/s1. The molecule has 1 aliphatic heterocycles. The van der Waals surface area contributed by atoms with E-state index < -0.39 is 6.10 Å². The number of pyridine rings is 1. The van der Waals surface area contributed by atoms with E-state index in [4.69, 9.17) is 4.74 Å². The van der Waals surface area contributed by atoms with Gasteiger partial charge in [0.2, 0.25) is 0 Å². The van der Waals surface area contributed by atoms with Crippen LogP contribution in [0.4, 0.5) is 0 Å². The van der Waals surface area contributed by atoms with Gasteiger partial charge in [-0.1, -0.05) is 6.07 Å². The van der Waals surface area contributed by atoms with E-state index in [1.54, 1.807) is 10.7 Å². The minimum Gasteiger partial charge on any atom is -0.391 e. The first-order chi connectivity index (χ1) is 9.65. The fourth-order valence-corrected chi connectivity index (χ4v) is 2.37. The fourth-order valence-electron chi connectivity index (χ4n) is 2.37. The number of hydrogen-bond acceptors (Lipinski definition) is 4. The monoisotopic (exact) mass is 275 g/mol. The zero-order valence-electron chi connectivity index (χ0n) is 11.2. The summed E-state index contributed by atoms with van der Waals surface area (Å²) in [4.78, 5) is 12.3. The summed E-state index contributed by atoms with van der Waals surface area (Å²) >= 11 is 0. The zero-order chi connectivity index (χ0) is 14.1. The summed E-state index contributed by atoms with van der Waals surface area (Å²) < 4.78 is 6.96. The predicted molar refractivity (Wildman–Crippen MR) is 72.6 cm³/mol. The van der Waals surface area contributed by atoms with Crippen LogP contribution in [0.1, 0.15) is 22.3 Å². The highest BCUT2D eigenvalue weighted by atomic mass is 16.5. The SMILES string of the molecule is Cc1ccc2c(C(=O)N[C@@H]3COCC[C@@H]3O)cnn2c1. The van der Waals surface area contributed by atoms with Crippen molar-refractivity contribution in [3.8, 4) is 0 Å². The molecule has 3 heterocycles. The Hall–Kier alpha value is -1.92. The van der Waals surface area contributed by atoms with E-state index in [9.17, 15) is 9.90 Å². The number of fused-ring (bicyclic) bond motifs is 1. The first-order valence-corrected chi connectivity index (χ1v) is 6.66. The van der Waals surface area contributed by atoms with Crippen LogP contribution in [-0.2, 0) is 4.74 Å². The highest BCUT2D eigenvalue weighted by Gasteiger charge is 2.26. The number of carbonyl (C=O) groups is 1. The van der Waals surface area contributed by atoms with Gasteiger partial charge >= 0.3 is 0 Å². The van der Waals surface area contributed by atoms with Crippen molar-refractivity contribution in [3.05, 3.63) is 35.7 Å². The third-order valence-corrected chi connectivity index (χ3v) is 3.54. The number of ether oxygens (including phenoxy) is 1. The van der Waals surface area contributed by atoms with Crippen LogP contribution >= 0.6 is 0 Å². The minimum absolute atomic E-state index is 0.238. The molecule has 0 spiro atoms. The number of aryl methyl sites for hydroxylation is 1. The number of aromatic nitrogens is 2. The Balaban J connectivity index is 1.82. The molecule has 1 fully saturated rings. The Morgan fingerprint density at radius 1 is 1.55 bits per heavy atom. The summed E-state index contributed by atoms with van der Waals surface area (Å²) in [6.07, 6.45) is 3.39. The van der Waals surface area contributed by atoms with Crippen molar-refractivity contribution >= 4 is 11.4 Å². The van der Waals surface area contributed by atoms with Gasteiger partial charge in [0.15, 0.2) is 0 Å². The fraction of sp³-hybridized carbons (Fsp3) is 0.429. The second kappa shape index (κ2) is 5.22. The van der Waals surface area contributed by atoms with E-state index in [-0.39, 0.29) is 11.9 Å². The highest BCUT2D eigenvalue weighted by molar-refractivity contribution is 6.00. The number of nitrogens with zero attached hydrogens (tertiary/aromatic N) is 2. The molecular formula is C14H17N3O3. The van der Waals surface area contributed by atoms with Crippen molar-refractivity contribution in [1.29, 1.82) is 0 Å². The van der Waals surface area contributed by atoms with E-state index in [2.05, 4.69) is 10.4 Å². The van der Waals surface area contributed by atoms with Crippen molar-refractivity contribution in [1.82, 2.24) is 14.9 Å². The van der Waals surface area contributed by atoms with Gasteiger partial charge in [-0.15, -0.1) is 0 Å². The van der Waals surface area contributed by atoms with E-state index in [1.807, 2.05) is 25.3 Å². The van der Waals surface area contributed by atoms with Gasteiger partial charge in [-0.3, -0.25) is 4.79 Å². The molecule has 2 aromatic heterocycles. The van der Waals surface area contributed by atoms with E-state index in [1.165, 1.54) is 0 Å². The van der Waals surface area contributed by atoms with Crippen molar-refractivity contribution in [2.75, 3.05) is 13.2 Å². The molecular weight excluding hydrogens is 258 g/mol. The van der Waals surface area contributed by atoms with Crippen molar-refractivity contribution in [2.24, 2.45) is 0 Å². The lowest BCUT2D eigenvalue weighted by molar-refractivity contribution is -0.0139. The van der Waals surface area contributed by atoms with Crippen LogP contribution in [0, 0.1) is 6.92 Å². The first kappa shape index (κ1) is 13.1. The molecule has 0 radical (unpaired) electrons. The number of rotatable bonds is 2. The summed E-state index contributed by atoms with van der Waals surface area (Å²) in [7, 11) is 0. The van der Waals surface area contributed by atoms with Crippen molar-refractivity contribution in [3.63, 3.8) is 0 Å². The van der Waals surface area contributed by atoms with Crippen molar-refractivity contribution in [2.45, 2.75) is 25.5 Å². The predicted octanol–water partition coefficient (Wildman–Crippen LogP) is 0.522. The number of hydrogen-bond donors (Lipinski definition) is 2. The molecule has 1 saturated heterocycles. The smallest absolute Gasteiger partial charge is 0.255 e. The summed E-state index contributed by atoms with van der Waals surface area (Å²) in [6, 6.07) is 3.44. The molecule has 20 heavy (non-hydrogen) atoms. The summed E-state index contributed by atoms with van der Waals surface area (Å²) in [5.41, 5.74) is 2.32. The molecule has 0 aliphatic carbocycles. The van der Waals surface area contributed by atoms with Gasteiger partial charge in [-0.25, -0.2) is 4.52 Å². The summed E-state index contributed by atoms with van der Waals surface area (Å²) in [6.45, 7) is 2.84. The molecule has 2 atom stereocenters. The number of amides is 1. The van der Waals surface area contributed by atoms with Crippen LogP contribution in [0.25, 0.3) is 5.52 Å². The largest absolute Gasteiger partial charge is 0.391 e. The summed E-state index contributed by atoms with van der Waals surface area (Å²) in [5.74, 6) is -0.238. The molecule has 106 valence electrons. The molecule has 3 rings (SSSR count). The Labute approximate surface area is 116 Å². The molecule has 0 aromatic carbocycles. The Morgan fingerprint density at radius 3 is 3.20 bits per heavy atom. The lowest BCUT2D eigenvalue weighted by Gasteiger charge is -2.28. The minimum atomic E-state index is -0.559. The molecule has 2 N–H and O–H groups in total. The zero-order valence-corrected chi connectivity index (χ0v) is 11.2. The Morgan fingerprint density at radius 2 is 2.40 bits per heavy atom. The molecule has 2 aromatic rings. The number of aliphatic hydroxyl groups excluding tert-OH is 1. The quantitative estimate of drug-likeness (QED) is 0.838. The van der Waals surface area contributed by atoms with E-state index in [0.29, 0.717) is 25.2 Å². The van der Waals surface area contributed by atoms with Crippen LogP contribution in [0.2, 0.25) is 0 Å². The maximum absolute atomic E-state index is 12.3. The Kier molecular flexibility index (Phi) is 3.42. The third kappa shape index (κ3) is 2.39. The molecule has 1 aliphatic rings. The van der Waals surface area contributed by atoms with Crippen LogP contribution in [0.3, 0.4) is 0 Å². The average Bonchev–Trinajstić information content (AvgIpc) is 2.84. The number of carbonyl (C=O) groups excluding carboxylic acids is 1. The lowest BCUT2D eigenvalue weighted by atomic mass is 10.1. The van der Waals surface area contributed by atoms with E-state index in [0.717, 1.165) is 11.1 Å². The van der Waals surface area contributed by atoms with Gasteiger partial charge < -0.3 is 15.2 Å². The highest BCUT2D eigenvalue weighted by Crippen LogP contribution is 2.13. The Bertz CT molecular complexity index is 638. The molecule has 0 bridgehead atoms. The second-order valence-corrected chi connectivity index (χ2v) is 5.11. The van der Waals surface area contributed by atoms with Crippen LogP contribution in [0.15, 0.2) is 24.5 Å². The van der Waals surface area contributed by atoms with Gasteiger partial charge in [0.1, 0.15) is 0 Å². The molecule has 6 heteroatoms. The molecule has 1 amide bonds. The third-order valence-electron chi connectivity index (χ3n) is 3.54. The maximum Gasteiger partial charge on any atom is 0.255 e. The molecule has 0 unspecified atom stereocenters. The van der Waals surface area contributed by atoms with Gasteiger partial charge in [-0.05, 0) is 25.0 Å². The first-order valence-electron chi connectivity index (χ1n) is 6.66. The summed E-state index contributed by atoms with van der Waals surface area (Å²) in [5, 5.41) is 16.8. The number of aliphatic hydroxyl groups is 1. The lowest BCUT2D eigenvalue weighted by Crippen LogP contribution is -2.49. The van der Waals surface area contributed by atoms with Crippen molar-refractivity contribution < 1.29 is 14.6 Å².